The summed E-state index contributed by atoms with van der Waals surface area (Å²) >= 11 is 3.04. The van der Waals surface area contributed by atoms with Crippen LogP contribution < -0.4 is 4.46 Å². The van der Waals surface area contributed by atoms with Crippen LogP contribution >= 0.6 is 0 Å². The van der Waals surface area contributed by atoms with E-state index in [1.165, 1.54) is 10.9 Å². The molecule has 0 unspecified atom stereocenters. The summed E-state index contributed by atoms with van der Waals surface area (Å²) in [4.78, 5) is 4.50. The van der Waals surface area contributed by atoms with Gasteiger partial charge in [0.05, 0.1) is 0 Å². The fraction of sp³-hybridized carbons (Fsp3) is 0.182. The first-order valence-electron chi connectivity index (χ1n) is 4.22. The molecule has 66 valence electrons. The molecule has 1 aromatic carbocycles. The summed E-state index contributed by atoms with van der Waals surface area (Å²) < 4.78 is 1.13. The Hall–Kier alpha value is -0.851. The van der Waals surface area contributed by atoms with Crippen LogP contribution in [-0.4, -0.2) is 21.0 Å². The summed E-state index contributed by atoms with van der Waals surface area (Å²) in [7, 11) is 0. The molecule has 0 N–H and O–H groups in total. The van der Waals surface area contributed by atoms with E-state index in [2.05, 4.69) is 46.1 Å². The first-order valence-corrected chi connectivity index (χ1v) is 5.08. The van der Waals surface area contributed by atoms with Crippen molar-refractivity contribution in [2.45, 2.75) is 13.8 Å². The van der Waals surface area contributed by atoms with Crippen LogP contribution in [0.1, 0.15) is 11.3 Å². The van der Waals surface area contributed by atoms with Gasteiger partial charge in [-0.15, -0.1) is 0 Å². The second kappa shape index (κ2) is 3.13. The van der Waals surface area contributed by atoms with Crippen molar-refractivity contribution < 1.29 is 0 Å². The van der Waals surface area contributed by atoms with Gasteiger partial charge < -0.3 is 0 Å². The number of hydrogen-bond acceptors (Lipinski definition) is 1. The van der Waals surface area contributed by atoms with Crippen LogP contribution in [0.5, 0.6) is 0 Å². The molecule has 0 fully saturated rings. The standard InChI is InChI=1S/C11H11NSe/c1-7-6-8(2)12-11-9(7)4-3-5-10(11)13/h3-6,13H,1-2H3/p-1. The average Bonchev–Trinajstić information content (AvgIpc) is 2.07. The van der Waals surface area contributed by atoms with Gasteiger partial charge in [0.2, 0.25) is 0 Å². The molecule has 0 saturated heterocycles. The van der Waals surface area contributed by atoms with Crippen molar-refractivity contribution in [1.29, 1.82) is 0 Å². The Morgan fingerprint density at radius 2 is 2.00 bits per heavy atom. The Balaban J connectivity index is 2.94. The van der Waals surface area contributed by atoms with E-state index in [1.54, 1.807) is 0 Å². The van der Waals surface area contributed by atoms with Crippen molar-refractivity contribution in [2.24, 2.45) is 0 Å². The van der Waals surface area contributed by atoms with Crippen LogP contribution in [0.3, 0.4) is 0 Å². The molecule has 0 aliphatic heterocycles. The molecule has 0 amide bonds. The zero-order chi connectivity index (χ0) is 9.42. The SMILES string of the molecule is Cc1cc(C)c2cccc([Se-])c2n1. The third kappa shape index (κ3) is 1.48. The Morgan fingerprint density at radius 3 is 2.77 bits per heavy atom. The van der Waals surface area contributed by atoms with E-state index >= 15 is 0 Å². The van der Waals surface area contributed by atoms with Crippen molar-refractivity contribution in [2.75, 3.05) is 0 Å². The van der Waals surface area contributed by atoms with Crippen LogP contribution in [0.2, 0.25) is 0 Å². The zero-order valence-electron chi connectivity index (χ0n) is 7.66. The van der Waals surface area contributed by atoms with Gasteiger partial charge in [0.1, 0.15) is 0 Å². The Labute approximate surface area is 86.0 Å². The molecule has 1 nitrogen and oxygen atoms in total. The van der Waals surface area contributed by atoms with E-state index in [1.807, 2.05) is 13.0 Å². The summed E-state index contributed by atoms with van der Waals surface area (Å²) in [6, 6.07) is 8.33. The number of aryl methyl sites for hydroxylation is 2. The van der Waals surface area contributed by atoms with E-state index < -0.39 is 0 Å². The monoisotopic (exact) mass is 236 g/mol. The second-order valence-corrected chi connectivity index (χ2v) is 4.16. The minimum atomic E-state index is 1.08. The summed E-state index contributed by atoms with van der Waals surface area (Å²) in [5, 5.41) is 1.24. The minimum absolute atomic E-state index is 1.08. The summed E-state index contributed by atoms with van der Waals surface area (Å²) in [6.45, 7) is 4.15. The Kier molecular flexibility index (Phi) is 2.10. The molecule has 0 aliphatic carbocycles. The van der Waals surface area contributed by atoms with Gasteiger partial charge in [0.15, 0.2) is 0 Å². The molecule has 1 aromatic heterocycles. The van der Waals surface area contributed by atoms with Gasteiger partial charge in [-0.1, -0.05) is 0 Å². The van der Waals surface area contributed by atoms with Crippen LogP contribution in [0.4, 0.5) is 0 Å². The predicted octanol–water partition coefficient (Wildman–Crippen LogP) is 1.65. The summed E-state index contributed by atoms with van der Waals surface area (Å²) in [6.07, 6.45) is 0. The van der Waals surface area contributed by atoms with Crippen LogP contribution in [0.15, 0.2) is 24.3 Å². The molecule has 0 bridgehead atoms. The number of benzene rings is 1. The molecule has 0 saturated carbocycles. The fourth-order valence-electron chi connectivity index (χ4n) is 1.56. The molecule has 13 heavy (non-hydrogen) atoms. The predicted molar refractivity (Wildman–Crippen MR) is 56.6 cm³/mol. The van der Waals surface area contributed by atoms with Crippen molar-refractivity contribution >= 4 is 31.4 Å². The van der Waals surface area contributed by atoms with Gasteiger partial charge in [-0.25, -0.2) is 0 Å². The molecule has 2 heteroatoms. The van der Waals surface area contributed by atoms with Gasteiger partial charge in [-0.05, 0) is 0 Å². The number of rotatable bonds is 0. The van der Waals surface area contributed by atoms with E-state index in [-0.39, 0.29) is 0 Å². The summed E-state index contributed by atoms with van der Waals surface area (Å²) in [5.41, 5.74) is 3.45. The van der Waals surface area contributed by atoms with Gasteiger partial charge in [-0.3, -0.25) is 0 Å². The topological polar surface area (TPSA) is 12.9 Å². The van der Waals surface area contributed by atoms with E-state index in [0.29, 0.717) is 0 Å². The number of pyridine rings is 1. The first-order chi connectivity index (χ1) is 6.18. The second-order valence-electron chi connectivity index (χ2n) is 3.23. The van der Waals surface area contributed by atoms with E-state index in [4.69, 9.17) is 0 Å². The average molecular weight is 235 g/mol. The molecule has 0 radical (unpaired) electrons. The van der Waals surface area contributed by atoms with Gasteiger partial charge in [-0.2, -0.15) is 0 Å². The van der Waals surface area contributed by atoms with E-state index in [9.17, 15) is 0 Å². The van der Waals surface area contributed by atoms with Crippen molar-refractivity contribution in [1.82, 2.24) is 4.98 Å². The molecule has 0 atom stereocenters. The molecule has 1 heterocycles. The molecule has 0 spiro atoms. The third-order valence-corrected chi connectivity index (χ3v) is 2.83. The van der Waals surface area contributed by atoms with E-state index in [0.717, 1.165) is 15.7 Å². The maximum atomic E-state index is 4.50. The van der Waals surface area contributed by atoms with Gasteiger partial charge in [0, 0.05) is 0 Å². The molecule has 0 aliphatic rings. The number of nitrogens with zero attached hydrogens (tertiary/aromatic N) is 1. The van der Waals surface area contributed by atoms with Crippen molar-refractivity contribution in [3.05, 3.63) is 35.5 Å². The molecule has 2 rings (SSSR count). The molecular formula is C11H10NSe-. The fourth-order valence-corrected chi connectivity index (χ4v) is 2.05. The van der Waals surface area contributed by atoms with Crippen LogP contribution in [-0.2, 0) is 0 Å². The number of para-hydroxylation sites is 1. The van der Waals surface area contributed by atoms with Gasteiger partial charge >= 0.3 is 85.7 Å². The zero-order valence-corrected chi connectivity index (χ0v) is 9.38. The molecular weight excluding hydrogens is 225 g/mol. The Bertz CT molecular complexity index is 463. The maximum absolute atomic E-state index is 4.50. The third-order valence-electron chi connectivity index (χ3n) is 2.14. The number of hydrogen-bond donors (Lipinski definition) is 0. The van der Waals surface area contributed by atoms with Crippen molar-refractivity contribution in [3.8, 4) is 0 Å². The summed E-state index contributed by atoms with van der Waals surface area (Å²) in [5.74, 6) is 0. The Morgan fingerprint density at radius 1 is 1.23 bits per heavy atom. The quantitative estimate of drug-likeness (QED) is 0.633. The van der Waals surface area contributed by atoms with Crippen molar-refractivity contribution in [3.63, 3.8) is 0 Å². The first kappa shape index (κ1) is 8.73. The number of fused-ring (bicyclic) bond motifs is 1. The molecule has 2 aromatic rings. The van der Waals surface area contributed by atoms with Crippen LogP contribution in [0, 0.1) is 13.8 Å². The number of aromatic nitrogens is 1. The van der Waals surface area contributed by atoms with Crippen LogP contribution in [0.25, 0.3) is 10.9 Å². The van der Waals surface area contributed by atoms with Gasteiger partial charge in [0.25, 0.3) is 0 Å². The normalized spacial score (nSPS) is 10.6.